The topological polar surface area (TPSA) is 17.1 Å². The van der Waals surface area contributed by atoms with Gasteiger partial charge in [-0.3, -0.25) is 4.79 Å². The Bertz CT molecular complexity index is 380. The van der Waals surface area contributed by atoms with Gasteiger partial charge in [0.1, 0.15) is 0 Å². The van der Waals surface area contributed by atoms with E-state index in [2.05, 4.69) is 24.8 Å². The zero-order valence-electron chi connectivity index (χ0n) is 9.16. The number of carbonyl (C=O) groups is 1. The van der Waals surface area contributed by atoms with Crippen LogP contribution in [0.2, 0.25) is 0 Å². The molecule has 1 rings (SSSR count). The Morgan fingerprint density at radius 2 is 2.20 bits per heavy atom. The standard InChI is InChI=1S/C13H16OS/c1-10-9-13(11(2)14)7-6-12(10)5-3-4-8-15/h3,5-7,9,15H,4,8H2,1-2H3. The summed E-state index contributed by atoms with van der Waals surface area (Å²) in [6, 6.07) is 5.79. The van der Waals surface area contributed by atoms with Crippen LogP contribution in [0.15, 0.2) is 24.3 Å². The van der Waals surface area contributed by atoms with E-state index in [0.717, 1.165) is 23.3 Å². The number of thiol groups is 1. The van der Waals surface area contributed by atoms with Crippen LogP contribution >= 0.6 is 12.6 Å². The number of carbonyl (C=O) groups excluding carboxylic acids is 1. The van der Waals surface area contributed by atoms with Gasteiger partial charge in [-0.15, -0.1) is 0 Å². The molecule has 0 amide bonds. The maximum Gasteiger partial charge on any atom is 0.159 e. The van der Waals surface area contributed by atoms with Crippen molar-refractivity contribution in [2.24, 2.45) is 0 Å². The van der Waals surface area contributed by atoms with Gasteiger partial charge < -0.3 is 0 Å². The van der Waals surface area contributed by atoms with Crippen molar-refractivity contribution < 1.29 is 4.79 Å². The lowest BCUT2D eigenvalue weighted by Crippen LogP contribution is -1.93. The summed E-state index contributed by atoms with van der Waals surface area (Å²) in [5, 5.41) is 0. The molecule has 1 aromatic carbocycles. The molecule has 2 heteroatoms. The van der Waals surface area contributed by atoms with Crippen molar-refractivity contribution in [2.75, 3.05) is 5.75 Å². The number of benzene rings is 1. The molecule has 0 saturated carbocycles. The van der Waals surface area contributed by atoms with Gasteiger partial charge in [-0.1, -0.05) is 24.3 Å². The minimum atomic E-state index is 0.115. The summed E-state index contributed by atoms with van der Waals surface area (Å²) in [4.78, 5) is 11.1. The van der Waals surface area contributed by atoms with Gasteiger partial charge in [-0.25, -0.2) is 0 Å². The van der Waals surface area contributed by atoms with Gasteiger partial charge in [0.05, 0.1) is 0 Å². The van der Waals surface area contributed by atoms with E-state index in [1.807, 2.05) is 25.1 Å². The van der Waals surface area contributed by atoms with E-state index < -0.39 is 0 Å². The largest absolute Gasteiger partial charge is 0.295 e. The summed E-state index contributed by atoms with van der Waals surface area (Å²) in [7, 11) is 0. The number of aryl methyl sites for hydroxylation is 1. The molecule has 0 aliphatic rings. The molecule has 0 aromatic heterocycles. The lowest BCUT2D eigenvalue weighted by atomic mass is 10.0. The first kappa shape index (κ1) is 12.1. The Morgan fingerprint density at radius 1 is 1.47 bits per heavy atom. The molecular formula is C13H16OS. The molecule has 0 aliphatic carbocycles. The fourth-order valence-electron chi connectivity index (χ4n) is 1.37. The zero-order valence-corrected chi connectivity index (χ0v) is 10.1. The number of allylic oxidation sites excluding steroid dienone is 1. The van der Waals surface area contributed by atoms with Crippen molar-refractivity contribution in [1.82, 2.24) is 0 Å². The molecule has 0 fully saturated rings. The number of hydrogen-bond acceptors (Lipinski definition) is 2. The fourth-order valence-corrected chi connectivity index (χ4v) is 1.52. The van der Waals surface area contributed by atoms with E-state index in [4.69, 9.17) is 0 Å². The van der Waals surface area contributed by atoms with Crippen molar-refractivity contribution >= 4 is 24.5 Å². The van der Waals surface area contributed by atoms with E-state index in [1.165, 1.54) is 5.56 Å². The molecule has 0 aliphatic heterocycles. The molecule has 15 heavy (non-hydrogen) atoms. The molecule has 80 valence electrons. The second-order valence-corrected chi connectivity index (χ2v) is 3.99. The average Bonchev–Trinajstić information content (AvgIpc) is 2.20. The highest BCUT2D eigenvalue weighted by Gasteiger charge is 2.00. The molecule has 0 radical (unpaired) electrons. The number of hydrogen-bond donors (Lipinski definition) is 1. The van der Waals surface area contributed by atoms with E-state index in [-0.39, 0.29) is 5.78 Å². The minimum absolute atomic E-state index is 0.115. The van der Waals surface area contributed by atoms with Crippen molar-refractivity contribution in [3.63, 3.8) is 0 Å². The SMILES string of the molecule is CC(=O)c1ccc(C=CCCS)c(C)c1. The first-order valence-electron chi connectivity index (χ1n) is 5.04. The van der Waals surface area contributed by atoms with E-state index >= 15 is 0 Å². The summed E-state index contributed by atoms with van der Waals surface area (Å²) in [6.07, 6.45) is 5.15. The maximum absolute atomic E-state index is 11.1. The lowest BCUT2D eigenvalue weighted by Gasteiger charge is -2.02. The monoisotopic (exact) mass is 220 g/mol. The summed E-state index contributed by atoms with van der Waals surface area (Å²) < 4.78 is 0. The number of rotatable bonds is 4. The average molecular weight is 220 g/mol. The second-order valence-electron chi connectivity index (χ2n) is 3.54. The first-order chi connectivity index (χ1) is 7.15. The quantitative estimate of drug-likeness (QED) is 0.607. The van der Waals surface area contributed by atoms with Gasteiger partial charge in [-0.05, 0) is 43.2 Å². The predicted molar refractivity (Wildman–Crippen MR) is 68.7 cm³/mol. The molecule has 0 spiro atoms. The van der Waals surface area contributed by atoms with Gasteiger partial charge in [-0.2, -0.15) is 12.6 Å². The lowest BCUT2D eigenvalue weighted by molar-refractivity contribution is 0.101. The Kier molecular flexibility index (Phi) is 4.63. The number of ketones is 1. The van der Waals surface area contributed by atoms with Gasteiger partial charge >= 0.3 is 0 Å². The summed E-state index contributed by atoms with van der Waals surface area (Å²) in [5.74, 6) is 0.977. The predicted octanol–water partition coefficient (Wildman–Crippen LogP) is 3.53. The van der Waals surface area contributed by atoms with Crippen LogP contribution in [-0.4, -0.2) is 11.5 Å². The molecule has 1 aromatic rings. The molecular weight excluding hydrogens is 204 g/mol. The van der Waals surface area contributed by atoms with Crippen LogP contribution in [0.3, 0.4) is 0 Å². The van der Waals surface area contributed by atoms with E-state index in [0.29, 0.717) is 0 Å². The zero-order chi connectivity index (χ0) is 11.3. The summed E-state index contributed by atoms with van der Waals surface area (Å²) >= 11 is 4.14. The van der Waals surface area contributed by atoms with Crippen LogP contribution in [0.25, 0.3) is 6.08 Å². The van der Waals surface area contributed by atoms with Crippen molar-refractivity contribution in [2.45, 2.75) is 20.3 Å². The van der Waals surface area contributed by atoms with Crippen molar-refractivity contribution in [3.05, 3.63) is 41.0 Å². The Morgan fingerprint density at radius 3 is 2.73 bits per heavy atom. The third kappa shape index (κ3) is 3.56. The van der Waals surface area contributed by atoms with E-state index in [9.17, 15) is 4.79 Å². The van der Waals surface area contributed by atoms with Crippen molar-refractivity contribution in [3.8, 4) is 0 Å². The van der Waals surface area contributed by atoms with Gasteiger partial charge in [0.2, 0.25) is 0 Å². The highest BCUT2D eigenvalue weighted by atomic mass is 32.1. The van der Waals surface area contributed by atoms with Crippen LogP contribution < -0.4 is 0 Å². The fraction of sp³-hybridized carbons (Fsp3) is 0.308. The number of Topliss-reactive ketones (excluding diaryl/α,β-unsaturated/α-hetero) is 1. The second kappa shape index (κ2) is 5.76. The molecule has 0 heterocycles. The highest BCUT2D eigenvalue weighted by Crippen LogP contribution is 2.13. The van der Waals surface area contributed by atoms with Gasteiger partial charge in [0.15, 0.2) is 5.78 Å². The van der Waals surface area contributed by atoms with Crippen LogP contribution in [0.4, 0.5) is 0 Å². The third-order valence-corrected chi connectivity index (χ3v) is 2.53. The molecule has 0 atom stereocenters. The van der Waals surface area contributed by atoms with Gasteiger partial charge in [0, 0.05) is 5.56 Å². The summed E-state index contributed by atoms with van der Waals surface area (Å²) in [5.41, 5.74) is 3.08. The highest BCUT2D eigenvalue weighted by molar-refractivity contribution is 7.80. The molecule has 0 bridgehead atoms. The first-order valence-corrected chi connectivity index (χ1v) is 5.67. The Hall–Kier alpha value is -1.02. The van der Waals surface area contributed by atoms with Crippen LogP contribution in [0.5, 0.6) is 0 Å². The molecule has 0 saturated heterocycles. The minimum Gasteiger partial charge on any atom is -0.295 e. The Labute approximate surface area is 96.6 Å². The van der Waals surface area contributed by atoms with Crippen LogP contribution in [-0.2, 0) is 0 Å². The van der Waals surface area contributed by atoms with Crippen LogP contribution in [0.1, 0.15) is 34.8 Å². The third-order valence-electron chi connectivity index (χ3n) is 2.27. The van der Waals surface area contributed by atoms with Crippen molar-refractivity contribution in [1.29, 1.82) is 0 Å². The Balaban J connectivity index is 2.88. The van der Waals surface area contributed by atoms with Crippen LogP contribution in [0, 0.1) is 6.92 Å². The maximum atomic E-state index is 11.1. The molecule has 0 unspecified atom stereocenters. The summed E-state index contributed by atoms with van der Waals surface area (Å²) in [6.45, 7) is 3.61. The van der Waals surface area contributed by atoms with E-state index in [1.54, 1.807) is 6.92 Å². The smallest absolute Gasteiger partial charge is 0.159 e. The normalized spacial score (nSPS) is 10.9. The molecule has 1 nitrogen and oxygen atoms in total. The molecule has 0 N–H and O–H groups in total. The van der Waals surface area contributed by atoms with Gasteiger partial charge in [0.25, 0.3) is 0 Å².